The summed E-state index contributed by atoms with van der Waals surface area (Å²) in [5, 5.41) is 3.23. The second-order valence-electron chi connectivity index (χ2n) is 3.84. The maximum atomic E-state index is 12.3. The zero-order chi connectivity index (χ0) is 10.4. The van der Waals surface area contributed by atoms with Gasteiger partial charge in [-0.15, -0.1) is 0 Å². The Morgan fingerprint density at radius 2 is 2.21 bits per heavy atom. The Morgan fingerprint density at radius 1 is 1.43 bits per heavy atom. The Kier molecular flexibility index (Phi) is 5.33. The first-order valence-corrected chi connectivity index (χ1v) is 5.47. The van der Waals surface area contributed by atoms with Crippen LogP contribution in [0.2, 0.25) is 0 Å². The molecule has 0 amide bonds. The lowest BCUT2D eigenvalue weighted by Gasteiger charge is -2.35. The van der Waals surface area contributed by atoms with E-state index in [4.69, 9.17) is 0 Å². The topological polar surface area (TPSA) is 15.3 Å². The molecule has 1 heterocycles. The Balaban J connectivity index is 2.33. The number of hydrogen-bond acceptors (Lipinski definition) is 2. The summed E-state index contributed by atoms with van der Waals surface area (Å²) in [6.45, 7) is 4.58. The lowest BCUT2D eigenvalue weighted by molar-refractivity contribution is 0.0494. The predicted octanol–water partition coefficient (Wildman–Crippen LogP) is 1.72. The zero-order valence-corrected chi connectivity index (χ0v) is 8.81. The van der Waals surface area contributed by atoms with Crippen molar-refractivity contribution >= 4 is 0 Å². The molecule has 4 heteroatoms. The first-order valence-electron chi connectivity index (χ1n) is 5.47. The molecule has 0 spiro atoms. The maximum absolute atomic E-state index is 12.3. The molecule has 1 fully saturated rings. The van der Waals surface area contributed by atoms with Crippen LogP contribution in [0, 0.1) is 0 Å². The summed E-state index contributed by atoms with van der Waals surface area (Å²) < 4.78 is 24.5. The standard InChI is InChI=1S/C10H20F2N2/c1-2-13-7-9-5-3-4-6-14(9)8-10(11)12/h9-10,13H,2-8H2,1H3. The van der Waals surface area contributed by atoms with E-state index in [1.807, 2.05) is 11.8 Å². The van der Waals surface area contributed by atoms with Gasteiger partial charge in [-0.2, -0.15) is 0 Å². The SMILES string of the molecule is CCNCC1CCCCN1CC(F)F. The third-order valence-electron chi connectivity index (χ3n) is 2.75. The highest BCUT2D eigenvalue weighted by Gasteiger charge is 2.23. The smallest absolute Gasteiger partial charge is 0.251 e. The highest BCUT2D eigenvalue weighted by atomic mass is 19.3. The van der Waals surface area contributed by atoms with E-state index in [0.717, 1.165) is 32.5 Å². The average Bonchev–Trinajstić information content (AvgIpc) is 2.16. The molecule has 0 aliphatic carbocycles. The molecule has 0 radical (unpaired) electrons. The van der Waals surface area contributed by atoms with E-state index < -0.39 is 6.43 Å². The summed E-state index contributed by atoms with van der Waals surface area (Å²) >= 11 is 0. The molecule has 2 nitrogen and oxygen atoms in total. The van der Waals surface area contributed by atoms with Crippen LogP contribution in [0.15, 0.2) is 0 Å². The average molecular weight is 206 g/mol. The van der Waals surface area contributed by atoms with Crippen molar-refractivity contribution in [3.63, 3.8) is 0 Å². The summed E-state index contributed by atoms with van der Waals surface area (Å²) in [4.78, 5) is 1.93. The minimum absolute atomic E-state index is 0.0595. The first-order chi connectivity index (χ1) is 6.74. The summed E-state index contributed by atoms with van der Waals surface area (Å²) in [5.74, 6) is 0. The Labute approximate surface area is 84.7 Å². The van der Waals surface area contributed by atoms with Gasteiger partial charge in [-0.25, -0.2) is 8.78 Å². The lowest BCUT2D eigenvalue weighted by atomic mass is 10.0. The second-order valence-corrected chi connectivity index (χ2v) is 3.84. The largest absolute Gasteiger partial charge is 0.315 e. The van der Waals surface area contributed by atoms with E-state index in [-0.39, 0.29) is 6.54 Å². The van der Waals surface area contributed by atoms with Gasteiger partial charge in [0.05, 0.1) is 6.54 Å². The van der Waals surface area contributed by atoms with Crippen molar-refractivity contribution in [2.45, 2.75) is 38.7 Å². The highest BCUT2D eigenvalue weighted by molar-refractivity contribution is 4.78. The van der Waals surface area contributed by atoms with Crippen molar-refractivity contribution in [2.24, 2.45) is 0 Å². The van der Waals surface area contributed by atoms with Crippen molar-refractivity contribution in [2.75, 3.05) is 26.2 Å². The molecule has 1 N–H and O–H groups in total. The third-order valence-corrected chi connectivity index (χ3v) is 2.75. The maximum Gasteiger partial charge on any atom is 0.251 e. The van der Waals surface area contributed by atoms with Crippen LogP contribution in [0.3, 0.4) is 0 Å². The zero-order valence-electron chi connectivity index (χ0n) is 8.81. The molecule has 1 rings (SSSR count). The van der Waals surface area contributed by atoms with Gasteiger partial charge in [0, 0.05) is 12.6 Å². The highest BCUT2D eigenvalue weighted by Crippen LogP contribution is 2.17. The normalized spacial score (nSPS) is 24.4. The van der Waals surface area contributed by atoms with Crippen LogP contribution < -0.4 is 5.32 Å². The van der Waals surface area contributed by atoms with Crippen LogP contribution >= 0.6 is 0 Å². The van der Waals surface area contributed by atoms with Gasteiger partial charge in [0.1, 0.15) is 0 Å². The second kappa shape index (κ2) is 6.30. The van der Waals surface area contributed by atoms with Crippen LogP contribution in [0.4, 0.5) is 8.78 Å². The molecule has 1 atom stereocenters. The molecule has 1 aliphatic rings. The number of likely N-dealkylation sites (N-methyl/N-ethyl adjacent to an activating group) is 1. The van der Waals surface area contributed by atoms with E-state index in [0.29, 0.717) is 6.04 Å². The monoisotopic (exact) mass is 206 g/mol. The Hall–Kier alpha value is -0.220. The van der Waals surface area contributed by atoms with Crippen LogP contribution in [0.5, 0.6) is 0 Å². The van der Waals surface area contributed by atoms with Crippen LogP contribution in [0.1, 0.15) is 26.2 Å². The van der Waals surface area contributed by atoms with Gasteiger partial charge in [0.25, 0.3) is 6.43 Å². The quantitative estimate of drug-likeness (QED) is 0.736. The Morgan fingerprint density at radius 3 is 2.86 bits per heavy atom. The van der Waals surface area contributed by atoms with Crippen LogP contribution in [0.25, 0.3) is 0 Å². The van der Waals surface area contributed by atoms with Crippen molar-refractivity contribution in [3.8, 4) is 0 Å². The summed E-state index contributed by atoms with van der Waals surface area (Å²) in [6, 6.07) is 0.317. The Bertz CT molecular complexity index is 153. The molecule has 0 aromatic heterocycles. The van der Waals surface area contributed by atoms with Gasteiger partial charge >= 0.3 is 0 Å². The first kappa shape index (κ1) is 11.9. The van der Waals surface area contributed by atoms with Gasteiger partial charge < -0.3 is 5.32 Å². The van der Waals surface area contributed by atoms with Gasteiger partial charge in [-0.3, -0.25) is 4.90 Å². The van der Waals surface area contributed by atoms with E-state index >= 15 is 0 Å². The van der Waals surface area contributed by atoms with Gasteiger partial charge in [-0.1, -0.05) is 13.3 Å². The van der Waals surface area contributed by atoms with Crippen molar-refractivity contribution in [1.29, 1.82) is 0 Å². The van der Waals surface area contributed by atoms with E-state index in [1.165, 1.54) is 6.42 Å². The summed E-state index contributed by atoms with van der Waals surface area (Å²) in [6.07, 6.45) is 1.10. The molecule has 0 saturated carbocycles. The van der Waals surface area contributed by atoms with E-state index in [9.17, 15) is 8.78 Å². The number of rotatable bonds is 5. The van der Waals surface area contributed by atoms with E-state index in [2.05, 4.69) is 5.32 Å². The van der Waals surface area contributed by atoms with Gasteiger partial charge in [-0.05, 0) is 25.9 Å². The number of likely N-dealkylation sites (tertiary alicyclic amines) is 1. The number of nitrogens with zero attached hydrogens (tertiary/aromatic N) is 1. The van der Waals surface area contributed by atoms with Gasteiger partial charge in [0.2, 0.25) is 0 Å². The number of nitrogens with one attached hydrogen (secondary N) is 1. The molecule has 1 saturated heterocycles. The number of halogens is 2. The van der Waals surface area contributed by atoms with Crippen molar-refractivity contribution in [3.05, 3.63) is 0 Å². The van der Waals surface area contributed by atoms with E-state index in [1.54, 1.807) is 0 Å². The fraction of sp³-hybridized carbons (Fsp3) is 1.00. The molecule has 0 bridgehead atoms. The van der Waals surface area contributed by atoms with Crippen molar-refractivity contribution < 1.29 is 8.78 Å². The lowest BCUT2D eigenvalue weighted by Crippen LogP contribution is -2.47. The molecular weight excluding hydrogens is 186 g/mol. The number of alkyl halides is 2. The van der Waals surface area contributed by atoms with Crippen molar-refractivity contribution in [1.82, 2.24) is 10.2 Å². The van der Waals surface area contributed by atoms with Crippen LogP contribution in [-0.4, -0.2) is 43.5 Å². The number of piperidine rings is 1. The molecular formula is C10H20F2N2. The molecule has 0 aromatic rings. The predicted molar refractivity (Wildman–Crippen MR) is 53.8 cm³/mol. The summed E-state index contributed by atoms with van der Waals surface area (Å²) in [5.41, 5.74) is 0. The minimum Gasteiger partial charge on any atom is -0.315 e. The summed E-state index contributed by atoms with van der Waals surface area (Å²) in [7, 11) is 0. The molecule has 1 unspecified atom stereocenters. The minimum atomic E-state index is -2.20. The molecule has 84 valence electrons. The van der Waals surface area contributed by atoms with Crippen LogP contribution in [-0.2, 0) is 0 Å². The fourth-order valence-electron chi connectivity index (χ4n) is 2.02. The third kappa shape index (κ3) is 3.88. The van der Waals surface area contributed by atoms with Gasteiger partial charge in [0.15, 0.2) is 0 Å². The number of hydrogen-bond donors (Lipinski definition) is 1. The molecule has 14 heavy (non-hydrogen) atoms. The fourth-order valence-corrected chi connectivity index (χ4v) is 2.02. The molecule has 1 aliphatic heterocycles. The molecule has 0 aromatic carbocycles.